The maximum atomic E-state index is 12.2. The predicted octanol–water partition coefficient (Wildman–Crippen LogP) is 2.93. The number of hydrogen-bond donors (Lipinski definition) is 1. The molecule has 2 rings (SSSR count). The topological polar surface area (TPSA) is 47.6 Å². The van der Waals surface area contributed by atoms with Crippen LogP contribution in [0.2, 0.25) is 0 Å². The standard InChI is InChI=1S/C15H18F3NO3/c16-15(17,18)8-11-3-5-12(6-4-11)19-14(20)10-21-9-13-2-1-7-22-13/h3-6,13H,1-2,7-10H2,(H,19,20). The second-order valence-corrected chi connectivity index (χ2v) is 5.19. The van der Waals surface area contributed by atoms with Crippen molar-refractivity contribution >= 4 is 11.6 Å². The lowest BCUT2D eigenvalue weighted by atomic mass is 10.1. The Morgan fingerprint density at radius 1 is 1.32 bits per heavy atom. The Bertz CT molecular complexity index is 482. The van der Waals surface area contributed by atoms with Gasteiger partial charge < -0.3 is 14.8 Å². The first-order valence-corrected chi connectivity index (χ1v) is 7.07. The minimum Gasteiger partial charge on any atom is -0.376 e. The number of rotatable bonds is 6. The smallest absolute Gasteiger partial charge is 0.376 e. The van der Waals surface area contributed by atoms with Gasteiger partial charge in [-0.3, -0.25) is 4.79 Å². The minimum absolute atomic E-state index is 0.0504. The van der Waals surface area contributed by atoms with E-state index in [4.69, 9.17) is 9.47 Å². The second kappa shape index (κ2) is 7.60. The Morgan fingerprint density at radius 2 is 2.05 bits per heavy atom. The van der Waals surface area contributed by atoms with Crippen LogP contribution in [0.3, 0.4) is 0 Å². The van der Waals surface area contributed by atoms with Crippen LogP contribution in [0.4, 0.5) is 18.9 Å². The van der Waals surface area contributed by atoms with Gasteiger partial charge in [0, 0.05) is 12.3 Å². The number of alkyl halides is 3. The molecular weight excluding hydrogens is 299 g/mol. The third-order valence-electron chi connectivity index (χ3n) is 3.20. The fourth-order valence-corrected chi connectivity index (χ4v) is 2.19. The zero-order chi connectivity index (χ0) is 16.0. The molecule has 7 heteroatoms. The van der Waals surface area contributed by atoms with Crippen LogP contribution in [-0.4, -0.2) is 38.0 Å². The Hall–Kier alpha value is -1.60. The van der Waals surface area contributed by atoms with Gasteiger partial charge in [0.25, 0.3) is 0 Å². The molecule has 0 saturated carbocycles. The summed E-state index contributed by atoms with van der Waals surface area (Å²) in [7, 11) is 0. The first-order valence-electron chi connectivity index (χ1n) is 7.07. The van der Waals surface area contributed by atoms with Crippen LogP contribution in [0.25, 0.3) is 0 Å². The lowest BCUT2D eigenvalue weighted by Crippen LogP contribution is -2.22. The van der Waals surface area contributed by atoms with Crippen molar-refractivity contribution in [1.82, 2.24) is 0 Å². The molecule has 22 heavy (non-hydrogen) atoms. The van der Waals surface area contributed by atoms with E-state index in [1.807, 2.05) is 0 Å². The molecule has 0 bridgehead atoms. The van der Waals surface area contributed by atoms with E-state index in [0.717, 1.165) is 19.4 Å². The van der Waals surface area contributed by atoms with Crippen LogP contribution in [0.15, 0.2) is 24.3 Å². The molecule has 1 N–H and O–H groups in total. The summed E-state index contributed by atoms with van der Waals surface area (Å²) in [6.07, 6.45) is -3.23. The number of carbonyl (C=O) groups is 1. The molecule has 1 aromatic carbocycles. The largest absolute Gasteiger partial charge is 0.393 e. The van der Waals surface area contributed by atoms with Gasteiger partial charge in [0.05, 0.1) is 19.1 Å². The summed E-state index contributed by atoms with van der Waals surface area (Å²) in [5.74, 6) is -0.346. The lowest BCUT2D eigenvalue weighted by molar-refractivity contribution is -0.127. The molecule has 1 amide bonds. The minimum atomic E-state index is -4.24. The number of anilines is 1. The average Bonchev–Trinajstić information content (AvgIpc) is 2.92. The molecule has 0 spiro atoms. The number of amides is 1. The number of benzene rings is 1. The summed E-state index contributed by atoms with van der Waals surface area (Å²) in [4.78, 5) is 11.6. The van der Waals surface area contributed by atoms with E-state index >= 15 is 0 Å². The molecule has 1 saturated heterocycles. The van der Waals surface area contributed by atoms with Crippen LogP contribution in [0.5, 0.6) is 0 Å². The molecule has 1 unspecified atom stereocenters. The van der Waals surface area contributed by atoms with Crippen LogP contribution in [0, 0.1) is 0 Å². The van der Waals surface area contributed by atoms with Crippen LogP contribution >= 0.6 is 0 Å². The Kier molecular flexibility index (Phi) is 5.79. The number of nitrogens with one attached hydrogen (secondary N) is 1. The average molecular weight is 317 g/mol. The molecule has 1 aliphatic rings. The second-order valence-electron chi connectivity index (χ2n) is 5.19. The normalized spacial score (nSPS) is 18.4. The van der Waals surface area contributed by atoms with Crippen molar-refractivity contribution < 1.29 is 27.4 Å². The van der Waals surface area contributed by atoms with Crippen LogP contribution < -0.4 is 5.32 Å². The molecule has 0 radical (unpaired) electrons. The molecule has 4 nitrogen and oxygen atoms in total. The summed E-state index contributed by atoms with van der Waals surface area (Å²) in [6.45, 7) is 0.993. The van der Waals surface area contributed by atoms with Crippen LogP contribution in [0.1, 0.15) is 18.4 Å². The van der Waals surface area contributed by atoms with Crippen LogP contribution in [-0.2, 0) is 20.7 Å². The molecule has 1 atom stereocenters. The van der Waals surface area contributed by atoms with Crippen molar-refractivity contribution in [3.05, 3.63) is 29.8 Å². The van der Waals surface area contributed by atoms with Gasteiger partial charge in [-0.2, -0.15) is 13.2 Å². The molecule has 1 heterocycles. The number of hydrogen-bond acceptors (Lipinski definition) is 3. The van der Waals surface area contributed by atoms with Crippen molar-refractivity contribution in [3.8, 4) is 0 Å². The SMILES string of the molecule is O=C(COCC1CCCO1)Nc1ccc(CC(F)(F)F)cc1. The van der Waals surface area contributed by atoms with E-state index in [1.54, 1.807) is 0 Å². The van der Waals surface area contributed by atoms with E-state index in [2.05, 4.69) is 5.32 Å². The van der Waals surface area contributed by atoms with Crippen molar-refractivity contribution in [2.24, 2.45) is 0 Å². The van der Waals surface area contributed by atoms with E-state index < -0.39 is 12.6 Å². The third kappa shape index (κ3) is 6.03. The van der Waals surface area contributed by atoms with Gasteiger partial charge in [0.2, 0.25) is 5.91 Å². The predicted molar refractivity (Wildman–Crippen MR) is 74.6 cm³/mol. The van der Waals surface area contributed by atoms with Gasteiger partial charge in [-0.05, 0) is 30.5 Å². The van der Waals surface area contributed by atoms with Gasteiger partial charge in [0.1, 0.15) is 6.61 Å². The fourth-order valence-electron chi connectivity index (χ4n) is 2.19. The Balaban J connectivity index is 1.71. The van der Waals surface area contributed by atoms with Crippen molar-refractivity contribution in [2.45, 2.75) is 31.5 Å². The summed E-state index contributed by atoms with van der Waals surface area (Å²) in [5, 5.41) is 2.57. The summed E-state index contributed by atoms with van der Waals surface area (Å²) in [5.41, 5.74) is 0.594. The molecule has 122 valence electrons. The van der Waals surface area contributed by atoms with Gasteiger partial charge in [-0.1, -0.05) is 12.1 Å². The number of carbonyl (C=O) groups excluding carboxylic acids is 1. The zero-order valence-corrected chi connectivity index (χ0v) is 12.0. The molecule has 1 aliphatic heterocycles. The number of ether oxygens (including phenoxy) is 2. The zero-order valence-electron chi connectivity index (χ0n) is 12.0. The van der Waals surface area contributed by atoms with Gasteiger partial charge >= 0.3 is 6.18 Å². The van der Waals surface area contributed by atoms with Crippen molar-refractivity contribution in [1.29, 1.82) is 0 Å². The molecule has 0 aromatic heterocycles. The maximum Gasteiger partial charge on any atom is 0.393 e. The molecule has 1 fully saturated rings. The Morgan fingerprint density at radius 3 is 2.64 bits per heavy atom. The molecule has 1 aromatic rings. The maximum absolute atomic E-state index is 12.2. The lowest BCUT2D eigenvalue weighted by Gasteiger charge is -2.11. The van der Waals surface area contributed by atoms with Gasteiger partial charge in [-0.25, -0.2) is 0 Å². The number of halogens is 3. The third-order valence-corrected chi connectivity index (χ3v) is 3.20. The Labute approximate surface area is 126 Å². The first kappa shape index (κ1) is 16.8. The summed E-state index contributed by atoms with van der Waals surface area (Å²) in [6, 6.07) is 5.57. The van der Waals surface area contributed by atoms with Crippen molar-refractivity contribution in [3.63, 3.8) is 0 Å². The highest BCUT2D eigenvalue weighted by Gasteiger charge is 2.27. The molecule has 0 aliphatic carbocycles. The van der Waals surface area contributed by atoms with E-state index in [0.29, 0.717) is 12.3 Å². The van der Waals surface area contributed by atoms with Gasteiger partial charge in [-0.15, -0.1) is 0 Å². The first-order chi connectivity index (χ1) is 10.4. The quantitative estimate of drug-likeness (QED) is 0.877. The summed E-state index contributed by atoms with van der Waals surface area (Å²) >= 11 is 0. The van der Waals surface area contributed by atoms with Gasteiger partial charge in [0.15, 0.2) is 0 Å². The summed E-state index contributed by atoms with van der Waals surface area (Å²) < 4.78 is 47.3. The fraction of sp³-hybridized carbons (Fsp3) is 0.533. The molecular formula is C15H18F3NO3. The highest BCUT2D eigenvalue weighted by atomic mass is 19.4. The highest BCUT2D eigenvalue weighted by molar-refractivity contribution is 5.91. The monoisotopic (exact) mass is 317 g/mol. The van der Waals surface area contributed by atoms with Crippen molar-refractivity contribution in [2.75, 3.05) is 25.1 Å². The van der Waals surface area contributed by atoms with E-state index in [1.165, 1.54) is 24.3 Å². The highest BCUT2D eigenvalue weighted by Crippen LogP contribution is 2.22. The van der Waals surface area contributed by atoms with E-state index in [9.17, 15) is 18.0 Å². The van der Waals surface area contributed by atoms with E-state index in [-0.39, 0.29) is 24.2 Å².